The molecule has 0 radical (unpaired) electrons. The number of rotatable bonds is 9. The summed E-state index contributed by atoms with van der Waals surface area (Å²) in [5.41, 5.74) is 1.28. The van der Waals surface area contributed by atoms with Gasteiger partial charge in [0.2, 0.25) is 11.8 Å². The lowest BCUT2D eigenvalue weighted by molar-refractivity contribution is -0.120. The predicted molar refractivity (Wildman–Crippen MR) is 98.4 cm³/mol. The van der Waals surface area contributed by atoms with Gasteiger partial charge < -0.3 is 15.4 Å². The summed E-state index contributed by atoms with van der Waals surface area (Å²) in [5, 5.41) is 5.79. The Morgan fingerprint density at radius 3 is 2.04 bits per heavy atom. The molecule has 1 aromatic rings. The molecule has 0 fully saturated rings. The molecule has 2 atom stereocenters. The molecule has 0 saturated heterocycles. The molecular weight excluding hydrogens is 304 g/mol. The summed E-state index contributed by atoms with van der Waals surface area (Å²) in [7, 11) is 1.55. The maximum absolute atomic E-state index is 12.2. The highest BCUT2D eigenvalue weighted by atomic mass is 16.5. The minimum Gasteiger partial charge on any atom is -0.494 e. The molecule has 0 spiro atoms. The Morgan fingerprint density at radius 2 is 1.54 bits per heavy atom. The summed E-state index contributed by atoms with van der Waals surface area (Å²) in [6, 6.07) is 5.27. The van der Waals surface area contributed by atoms with E-state index in [4.69, 9.17) is 4.74 Å². The van der Waals surface area contributed by atoms with Gasteiger partial charge in [0.1, 0.15) is 5.75 Å². The maximum atomic E-state index is 12.2. The first kappa shape index (κ1) is 20.0. The van der Waals surface area contributed by atoms with Crippen molar-refractivity contribution in [1.29, 1.82) is 0 Å². The van der Waals surface area contributed by atoms with Crippen LogP contribution in [-0.4, -0.2) is 18.9 Å². The second-order valence-corrected chi connectivity index (χ2v) is 6.27. The highest BCUT2D eigenvalue weighted by Crippen LogP contribution is 2.29. The third kappa shape index (κ3) is 5.87. The van der Waals surface area contributed by atoms with Crippen molar-refractivity contribution in [3.05, 3.63) is 18.2 Å². The average molecular weight is 334 g/mol. The average Bonchev–Trinajstić information content (AvgIpc) is 2.56. The van der Waals surface area contributed by atoms with Crippen molar-refractivity contribution in [2.45, 2.75) is 53.4 Å². The molecule has 0 heterocycles. The van der Waals surface area contributed by atoms with Gasteiger partial charge in [-0.25, -0.2) is 0 Å². The van der Waals surface area contributed by atoms with Gasteiger partial charge in [-0.3, -0.25) is 9.59 Å². The first-order valence-corrected chi connectivity index (χ1v) is 8.72. The third-order valence-electron chi connectivity index (χ3n) is 4.07. The number of hydrogen-bond acceptors (Lipinski definition) is 3. The molecule has 0 saturated carbocycles. The number of carbonyl (C=O) groups is 2. The fraction of sp³-hybridized carbons (Fsp3) is 0.579. The molecule has 134 valence electrons. The predicted octanol–water partition coefficient (Wildman–Crippen LogP) is 4.44. The molecule has 0 aliphatic rings. The van der Waals surface area contributed by atoms with E-state index >= 15 is 0 Å². The van der Waals surface area contributed by atoms with Gasteiger partial charge in [-0.2, -0.15) is 0 Å². The molecule has 0 aromatic heterocycles. The lowest BCUT2D eigenvalue weighted by atomic mass is 10.0. The Bertz CT molecular complexity index is 558. The monoisotopic (exact) mass is 334 g/mol. The maximum Gasteiger partial charge on any atom is 0.227 e. The Kier molecular flexibility index (Phi) is 8.30. The quantitative estimate of drug-likeness (QED) is 0.701. The van der Waals surface area contributed by atoms with Crippen LogP contribution in [0.5, 0.6) is 5.75 Å². The van der Waals surface area contributed by atoms with Crippen molar-refractivity contribution >= 4 is 23.2 Å². The van der Waals surface area contributed by atoms with E-state index in [1.807, 2.05) is 13.8 Å². The van der Waals surface area contributed by atoms with Gasteiger partial charge >= 0.3 is 0 Å². The molecule has 1 rings (SSSR count). The van der Waals surface area contributed by atoms with Crippen LogP contribution >= 0.6 is 0 Å². The number of anilines is 2. The molecular formula is C19H30N2O3. The number of carbonyl (C=O) groups excluding carboxylic acids is 2. The fourth-order valence-corrected chi connectivity index (χ4v) is 2.52. The normalized spacial score (nSPS) is 13.0. The molecule has 1 aromatic carbocycles. The number of methoxy groups -OCH3 is 1. The van der Waals surface area contributed by atoms with E-state index in [0.717, 1.165) is 25.7 Å². The Hall–Kier alpha value is -2.04. The summed E-state index contributed by atoms with van der Waals surface area (Å²) >= 11 is 0. The number of amides is 2. The Balaban J connectivity index is 2.81. The molecule has 0 aliphatic carbocycles. The summed E-state index contributed by atoms with van der Waals surface area (Å²) in [5.74, 6) is 0.424. The van der Waals surface area contributed by atoms with Gasteiger partial charge in [0.05, 0.1) is 12.8 Å². The van der Waals surface area contributed by atoms with Crippen LogP contribution in [0.1, 0.15) is 53.4 Å². The van der Waals surface area contributed by atoms with Crippen molar-refractivity contribution in [2.75, 3.05) is 17.7 Å². The molecule has 2 N–H and O–H groups in total. The van der Waals surface area contributed by atoms with Crippen LogP contribution in [0.2, 0.25) is 0 Å². The van der Waals surface area contributed by atoms with Crippen molar-refractivity contribution in [1.82, 2.24) is 0 Å². The van der Waals surface area contributed by atoms with Crippen molar-refractivity contribution in [3.8, 4) is 5.75 Å². The lowest BCUT2D eigenvalue weighted by Gasteiger charge is -2.16. The van der Waals surface area contributed by atoms with Gasteiger partial charge in [0.25, 0.3) is 0 Å². The van der Waals surface area contributed by atoms with Crippen molar-refractivity contribution in [2.24, 2.45) is 11.8 Å². The zero-order chi connectivity index (χ0) is 18.1. The summed E-state index contributed by atoms with van der Waals surface area (Å²) in [6.45, 7) is 7.94. The molecule has 5 nitrogen and oxygen atoms in total. The van der Waals surface area contributed by atoms with E-state index in [9.17, 15) is 9.59 Å². The zero-order valence-corrected chi connectivity index (χ0v) is 15.4. The topological polar surface area (TPSA) is 67.4 Å². The van der Waals surface area contributed by atoms with Crippen LogP contribution in [0.15, 0.2) is 18.2 Å². The van der Waals surface area contributed by atoms with E-state index < -0.39 is 0 Å². The fourth-order valence-electron chi connectivity index (χ4n) is 2.52. The zero-order valence-electron chi connectivity index (χ0n) is 15.4. The highest BCUT2D eigenvalue weighted by molar-refractivity contribution is 5.96. The van der Waals surface area contributed by atoms with Gasteiger partial charge in [0.15, 0.2) is 0 Å². The van der Waals surface area contributed by atoms with Crippen LogP contribution in [0.3, 0.4) is 0 Å². The molecule has 0 bridgehead atoms. The molecule has 2 unspecified atom stereocenters. The van der Waals surface area contributed by atoms with E-state index in [1.54, 1.807) is 25.3 Å². The summed E-state index contributed by atoms with van der Waals surface area (Å²) < 4.78 is 5.35. The van der Waals surface area contributed by atoms with E-state index in [2.05, 4.69) is 24.5 Å². The Morgan fingerprint density at radius 1 is 1.00 bits per heavy atom. The number of ether oxygens (including phenoxy) is 1. The minimum absolute atomic E-state index is 0.00717. The van der Waals surface area contributed by atoms with Gasteiger partial charge in [-0.15, -0.1) is 0 Å². The molecule has 24 heavy (non-hydrogen) atoms. The largest absolute Gasteiger partial charge is 0.494 e. The number of benzene rings is 1. The number of nitrogens with one attached hydrogen (secondary N) is 2. The van der Waals surface area contributed by atoms with Crippen LogP contribution in [0.25, 0.3) is 0 Å². The SMILES string of the molecule is CCCC(C)C(=O)Nc1ccc(NC(=O)C(C)CCC)c(OC)c1. The molecule has 2 amide bonds. The van der Waals surface area contributed by atoms with E-state index in [-0.39, 0.29) is 23.7 Å². The second-order valence-electron chi connectivity index (χ2n) is 6.27. The van der Waals surface area contributed by atoms with Crippen LogP contribution in [0, 0.1) is 11.8 Å². The van der Waals surface area contributed by atoms with Crippen molar-refractivity contribution < 1.29 is 14.3 Å². The lowest BCUT2D eigenvalue weighted by Crippen LogP contribution is -2.21. The first-order valence-electron chi connectivity index (χ1n) is 8.72. The Labute approximate surface area is 145 Å². The number of hydrogen-bond donors (Lipinski definition) is 2. The summed E-state index contributed by atoms with van der Waals surface area (Å²) in [4.78, 5) is 24.3. The van der Waals surface area contributed by atoms with E-state index in [1.165, 1.54) is 0 Å². The third-order valence-corrected chi connectivity index (χ3v) is 4.07. The van der Waals surface area contributed by atoms with E-state index in [0.29, 0.717) is 17.1 Å². The van der Waals surface area contributed by atoms with Crippen molar-refractivity contribution in [3.63, 3.8) is 0 Å². The standard InChI is InChI=1S/C19H30N2O3/c1-6-8-13(3)18(22)20-15-10-11-16(17(12-15)24-5)21-19(23)14(4)9-7-2/h10-14H,6-9H2,1-5H3,(H,20,22)(H,21,23). The van der Waals surface area contributed by atoms with Gasteiger partial charge in [-0.05, 0) is 25.0 Å². The first-order chi connectivity index (χ1) is 11.4. The second kappa shape index (κ2) is 9.96. The molecule has 0 aliphatic heterocycles. The highest BCUT2D eigenvalue weighted by Gasteiger charge is 2.16. The van der Waals surface area contributed by atoms with Crippen LogP contribution in [0.4, 0.5) is 11.4 Å². The van der Waals surface area contributed by atoms with Gasteiger partial charge in [0, 0.05) is 23.6 Å². The molecule has 5 heteroatoms. The smallest absolute Gasteiger partial charge is 0.227 e. The summed E-state index contributed by atoms with van der Waals surface area (Å²) in [6.07, 6.45) is 3.63. The minimum atomic E-state index is -0.0472. The van der Waals surface area contributed by atoms with Crippen LogP contribution in [-0.2, 0) is 9.59 Å². The van der Waals surface area contributed by atoms with Crippen LogP contribution < -0.4 is 15.4 Å². The van der Waals surface area contributed by atoms with Gasteiger partial charge in [-0.1, -0.05) is 40.5 Å².